The quantitative estimate of drug-likeness (QED) is 0.184. The third-order valence-electron chi connectivity index (χ3n) is 10.6. The van der Waals surface area contributed by atoms with E-state index in [2.05, 4.69) is 162 Å². The second-order valence-electron chi connectivity index (χ2n) is 13.4. The highest BCUT2D eigenvalue weighted by Crippen LogP contribution is 2.55. The Morgan fingerprint density at radius 2 is 1.27 bits per heavy atom. The van der Waals surface area contributed by atoms with Crippen LogP contribution in [0.2, 0.25) is 0 Å². The molecule has 2 nitrogen and oxygen atoms in total. The Kier molecular flexibility index (Phi) is 5.34. The Bertz CT molecular complexity index is 2790. The number of allylic oxidation sites excluding steroid dienone is 1. The lowest BCUT2D eigenvalue weighted by Crippen LogP contribution is -2.16. The fourth-order valence-electron chi connectivity index (χ4n) is 8.55. The molecule has 1 aliphatic heterocycles. The molecule has 48 heavy (non-hydrogen) atoms. The largest absolute Gasteiger partial charge is 0.309 e. The summed E-state index contributed by atoms with van der Waals surface area (Å²) in [5, 5.41) is 7.90. The van der Waals surface area contributed by atoms with Gasteiger partial charge in [-0.3, -0.25) is 0 Å². The van der Waals surface area contributed by atoms with Crippen LogP contribution >= 0.6 is 11.3 Å². The van der Waals surface area contributed by atoms with Gasteiger partial charge in [-0.1, -0.05) is 110 Å². The second kappa shape index (κ2) is 9.70. The number of nitrogens with zero attached hydrogens (tertiary/aromatic N) is 2. The van der Waals surface area contributed by atoms with E-state index in [1.54, 1.807) is 0 Å². The van der Waals surface area contributed by atoms with Gasteiger partial charge >= 0.3 is 0 Å². The topological polar surface area (TPSA) is 8.17 Å². The first-order chi connectivity index (χ1) is 23.7. The Balaban J connectivity index is 1.23. The zero-order chi connectivity index (χ0) is 31.5. The number of thiophene rings is 1. The normalized spacial score (nSPS) is 15.2. The Hall–Kier alpha value is -5.64. The first-order valence-corrected chi connectivity index (χ1v) is 17.6. The minimum atomic E-state index is 0.549. The van der Waals surface area contributed by atoms with Crippen molar-refractivity contribution in [2.45, 2.75) is 13.3 Å². The van der Waals surface area contributed by atoms with Crippen molar-refractivity contribution in [3.05, 3.63) is 151 Å². The molecule has 0 fully saturated rings. The van der Waals surface area contributed by atoms with E-state index < -0.39 is 0 Å². The average Bonchev–Trinajstić information content (AvgIpc) is 3.67. The maximum Gasteiger partial charge on any atom is 0.0640 e. The molecule has 0 spiro atoms. The van der Waals surface area contributed by atoms with Gasteiger partial charge in [0.25, 0.3) is 0 Å². The highest BCUT2D eigenvalue weighted by molar-refractivity contribution is 7.26. The number of hydrogen-bond donors (Lipinski definition) is 0. The molecule has 0 radical (unpaired) electrons. The van der Waals surface area contributed by atoms with E-state index in [1.165, 1.54) is 97.8 Å². The van der Waals surface area contributed by atoms with E-state index in [4.69, 9.17) is 0 Å². The smallest absolute Gasteiger partial charge is 0.0640 e. The van der Waals surface area contributed by atoms with Crippen molar-refractivity contribution in [1.29, 1.82) is 0 Å². The highest BCUT2D eigenvalue weighted by Gasteiger charge is 2.29. The molecule has 2 aromatic heterocycles. The van der Waals surface area contributed by atoms with Crippen molar-refractivity contribution in [3.8, 4) is 16.8 Å². The molecule has 226 valence electrons. The van der Waals surface area contributed by atoms with Gasteiger partial charge in [-0.25, -0.2) is 0 Å². The van der Waals surface area contributed by atoms with Crippen LogP contribution in [0.4, 0.5) is 17.1 Å². The van der Waals surface area contributed by atoms with E-state index in [-0.39, 0.29) is 0 Å². The van der Waals surface area contributed by atoms with E-state index in [1.807, 2.05) is 11.3 Å². The summed E-state index contributed by atoms with van der Waals surface area (Å²) < 4.78 is 5.11. The van der Waals surface area contributed by atoms with Crippen LogP contribution in [0.5, 0.6) is 0 Å². The number of benzene rings is 7. The van der Waals surface area contributed by atoms with Gasteiger partial charge in [0.05, 0.1) is 32.8 Å². The number of fused-ring (bicyclic) bond motifs is 10. The fraction of sp³-hybridized carbons (Fsp3) is 0.0667. The molecule has 0 saturated carbocycles. The van der Waals surface area contributed by atoms with Crippen LogP contribution in [-0.4, -0.2) is 4.57 Å². The summed E-state index contributed by atoms with van der Waals surface area (Å²) in [5.74, 6) is 0.549. The Morgan fingerprint density at radius 1 is 0.583 bits per heavy atom. The maximum absolute atomic E-state index is 2.52. The predicted molar refractivity (Wildman–Crippen MR) is 207 cm³/mol. The van der Waals surface area contributed by atoms with Crippen LogP contribution < -0.4 is 4.90 Å². The molecule has 1 atom stereocenters. The average molecular weight is 631 g/mol. The van der Waals surface area contributed by atoms with Gasteiger partial charge in [-0.15, -0.1) is 11.3 Å². The molecule has 0 saturated heterocycles. The zero-order valence-electron chi connectivity index (χ0n) is 26.4. The molecular formula is C45H30N2S. The Morgan fingerprint density at radius 3 is 2.12 bits per heavy atom. The molecule has 3 heteroatoms. The third-order valence-corrected chi connectivity index (χ3v) is 11.8. The van der Waals surface area contributed by atoms with Gasteiger partial charge < -0.3 is 9.47 Å². The van der Waals surface area contributed by atoms with Crippen LogP contribution in [0.1, 0.15) is 18.1 Å². The van der Waals surface area contributed by atoms with Crippen molar-refractivity contribution in [2.75, 3.05) is 4.90 Å². The highest BCUT2D eigenvalue weighted by atomic mass is 32.1. The van der Waals surface area contributed by atoms with Crippen molar-refractivity contribution in [2.24, 2.45) is 5.92 Å². The molecule has 7 aromatic carbocycles. The van der Waals surface area contributed by atoms with E-state index in [0.29, 0.717) is 5.92 Å². The first-order valence-electron chi connectivity index (χ1n) is 16.8. The lowest BCUT2D eigenvalue weighted by Gasteiger charge is -2.34. The number of rotatable bonds is 2. The SMILES string of the molecule is CC1C=Cc2ccc(N3c4ccccc4-c4cccc5c4c3cc3sc4c(-n6c7ccccc7c7ccccc76)cccc4c35)cc2C1. The maximum atomic E-state index is 2.52. The number of hydrogen-bond acceptors (Lipinski definition) is 2. The lowest BCUT2D eigenvalue weighted by atomic mass is 9.88. The molecule has 11 rings (SSSR count). The van der Waals surface area contributed by atoms with Crippen LogP contribution in [0.3, 0.4) is 0 Å². The standard InChI is InChI=1S/C45H30N2S/c1-27-20-21-28-22-23-30(25-29(28)24-27)46-37-16-5-4-12-33(37)34-13-8-14-35-43(34)41(46)26-42-44(35)36-15-9-19-40(45(36)48-42)47-38-17-6-2-10-31(38)32-11-3-7-18-39(32)47/h2-23,25-27H,24H2,1H3. The third kappa shape index (κ3) is 3.52. The summed E-state index contributed by atoms with van der Waals surface area (Å²) >= 11 is 1.92. The van der Waals surface area contributed by atoms with Crippen molar-refractivity contribution < 1.29 is 0 Å². The second-order valence-corrected chi connectivity index (χ2v) is 14.5. The molecule has 9 aromatic rings. The summed E-state index contributed by atoms with van der Waals surface area (Å²) in [4.78, 5) is 2.52. The zero-order valence-corrected chi connectivity index (χ0v) is 27.3. The summed E-state index contributed by atoms with van der Waals surface area (Å²) in [6.07, 6.45) is 5.70. The van der Waals surface area contributed by atoms with Gasteiger partial charge in [0, 0.05) is 42.9 Å². The van der Waals surface area contributed by atoms with Gasteiger partial charge in [0.2, 0.25) is 0 Å². The van der Waals surface area contributed by atoms with Crippen LogP contribution in [0, 0.1) is 5.92 Å². The molecular weight excluding hydrogens is 601 g/mol. The van der Waals surface area contributed by atoms with Gasteiger partial charge in [-0.05, 0) is 76.9 Å². The van der Waals surface area contributed by atoms with Crippen molar-refractivity contribution in [1.82, 2.24) is 4.57 Å². The number of para-hydroxylation sites is 3. The predicted octanol–water partition coefficient (Wildman–Crippen LogP) is 13.0. The summed E-state index contributed by atoms with van der Waals surface area (Å²) in [5.41, 5.74) is 12.8. The summed E-state index contributed by atoms with van der Waals surface area (Å²) in [7, 11) is 0. The molecule has 1 unspecified atom stereocenters. The monoisotopic (exact) mass is 630 g/mol. The minimum absolute atomic E-state index is 0.549. The summed E-state index contributed by atoms with van der Waals surface area (Å²) in [6, 6.07) is 49.9. The van der Waals surface area contributed by atoms with Gasteiger partial charge in [0.1, 0.15) is 0 Å². The molecule has 0 N–H and O–H groups in total. The molecule has 2 aliphatic rings. The first kappa shape index (κ1) is 26.4. The van der Waals surface area contributed by atoms with E-state index in [0.717, 1.165) is 6.42 Å². The summed E-state index contributed by atoms with van der Waals surface area (Å²) in [6.45, 7) is 2.31. The molecule has 1 aliphatic carbocycles. The van der Waals surface area contributed by atoms with E-state index in [9.17, 15) is 0 Å². The van der Waals surface area contributed by atoms with E-state index >= 15 is 0 Å². The molecule has 0 amide bonds. The number of aromatic nitrogens is 1. The fourth-order valence-corrected chi connectivity index (χ4v) is 9.81. The van der Waals surface area contributed by atoms with Crippen molar-refractivity contribution in [3.63, 3.8) is 0 Å². The minimum Gasteiger partial charge on any atom is -0.309 e. The number of anilines is 3. The Labute approximate surface area is 282 Å². The molecule has 3 heterocycles. The van der Waals surface area contributed by atoms with Crippen LogP contribution in [0.15, 0.2) is 140 Å². The van der Waals surface area contributed by atoms with Gasteiger partial charge in [-0.2, -0.15) is 0 Å². The van der Waals surface area contributed by atoms with Crippen LogP contribution in [0.25, 0.3) is 75.6 Å². The lowest BCUT2D eigenvalue weighted by molar-refractivity contribution is 0.717. The van der Waals surface area contributed by atoms with Gasteiger partial charge in [0.15, 0.2) is 0 Å². The van der Waals surface area contributed by atoms with Crippen LogP contribution in [-0.2, 0) is 6.42 Å². The van der Waals surface area contributed by atoms with Crippen molar-refractivity contribution >= 4 is 87.2 Å². The molecule has 0 bridgehead atoms.